The second-order valence-electron chi connectivity index (χ2n) is 7.74. The summed E-state index contributed by atoms with van der Waals surface area (Å²) in [5, 5.41) is 12.8. The van der Waals surface area contributed by atoms with E-state index in [0.29, 0.717) is 51.4 Å². The summed E-state index contributed by atoms with van der Waals surface area (Å²) in [6.45, 7) is 2.52. The lowest BCUT2D eigenvalue weighted by Gasteiger charge is -2.17. The monoisotopic (exact) mass is 490 g/mol. The zero-order valence-corrected chi connectivity index (χ0v) is 20.3. The largest absolute Gasteiger partial charge is 0.467 e. The molecule has 0 saturated carbocycles. The maximum absolute atomic E-state index is 13.2. The maximum Gasteiger partial charge on any atom is 0.270 e. The lowest BCUT2D eigenvalue weighted by molar-refractivity contribution is -0.122. The fourth-order valence-electron chi connectivity index (χ4n) is 3.74. The van der Waals surface area contributed by atoms with Crippen molar-refractivity contribution in [1.29, 1.82) is 5.26 Å². The number of furan rings is 1. The third kappa shape index (κ3) is 4.69. The van der Waals surface area contributed by atoms with Gasteiger partial charge < -0.3 is 9.73 Å². The molecule has 1 N–H and O–H groups in total. The normalized spacial score (nSPS) is 14.6. The smallest absolute Gasteiger partial charge is 0.270 e. The number of carbonyl (C=O) groups is 1. The van der Waals surface area contributed by atoms with Crippen molar-refractivity contribution in [3.8, 4) is 6.07 Å². The quantitative estimate of drug-likeness (QED) is 0.392. The van der Waals surface area contributed by atoms with Gasteiger partial charge in [-0.05, 0) is 42.7 Å². The highest BCUT2D eigenvalue weighted by Crippen LogP contribution is 2.35. The lowest BCUT2D eigenvalue weighted by Crippen LogP contribution is -2.30. The van der Waals surface area contributed by atoms with Crippen LogP contribution in [-0.2, 0) is 24.8 Å². The molecule has 4 rings (SSSR count). The molecule has 7 nitrogen and oxygen atoms in total. The first-order valence-electron chi connectivity index (χ1n) is 10.6. The first-order chi connectivity index (χ1) is 16.4. The highest BCUT2D eigenvalue weighted by molar-refractivity contribution is 8.26. The van der Waals surface area contributed by atoms with Crippen molar-refractivity contribution in [1.82, 2.24) is 9.47 Å². The summed E-state index contributed by atoms with van der Waals surface area (Å²) in [5.41, 5.74) is 1.85. The summed E-state index contributed by atoms with van der Waals surface area (Å²) in [6, 6.07) is 15.5. The van der Waals surface area contributed by atoms with E-state index in [2.05, 4.69) is 5.32 Å². The summed E-state index contributed by atoms with van der Waals surface area (Å²) in [4.78, 5) is 28.0. The Morgan fingerprint density at radius 1 is 1.21 bits per heavy atom. The molecule has 1 aliphatic heterocycles. The standard InChI is InChI=1S/C25H22N4O3S2/c1-16-19(22(27-15-18-9-6-12-32-18)28(2)23(30)20(16)14-26)13-21-24(31)29(25(33)34-21)11-10-17-7-4-3-5-8-17/h3-9,12-13,27H,10-11,15H2,1-2H3/b21-13-. The van der Waals surface area contributed by atoms with Crippen LogP contribution in [0.2, 0.25) is 0 Å². The molecule has 0 radical (unpaired) electrons. The first-order valence-corrected chi connectivity index (χ1v) is 11.8. The fourth-order valence-corrected chi connectivity index (χ4v) is 5.03. The number of carbonyl (C=O) groups excluding carboxylic acids is 1. The SMILES string of the molecule is Cc1c(/C=C2\SC(=S)N(CCc3ccccc3)C2=O)c(NCc2ccco2)n(C)c(=O)c1C#N. The first kappa shape index (κ1) is 23.5. The van der Waals surface area contributed by atoms with Gasteiger partial charge in [0.15, 0.2) is 0 Å². The van der Waals surface area contributed by atoms with Crippen LogP contribution in [0.1, 0.15) is 28.0 Å². The van der Waals surface area contributed by atoms with Crippen molar-refractivity contribution in [3.63, 3.8) is 0 Å². The van der Waals surface area contributed by atoms with Crippen LogP contribution in [-0.4, -0.2) is 26.2 Å². The number of anilines is 1. The number of thiocarbonyl (C=S) groups is 1. The molecule has 3 heterocycles. The van der Waals surface area contributed by atoms with E-state index in [4.69, 9.17) is 16.6 Å². The van der Waals surface area contributed by atoms with Crippen molar-refractivity contribution >= 4 is 46.1 Å². The maximum atomic E-state index is 13.2. The van der Waals surface area contributed by atoms with E-state index in [1.807, 2.05) is 42.5 Å². The van der Waals surface area contributed by atoms with Crippen LogP contribution in [0.3, 0.4) is 0 Å². The molecule has 1 saturated heterocycles. The van der Waals surface area contributed by atoms with E-state index < -0.39 is 5.56 Å². The molecule has 0 unspecified atom stereocenters. The van der Waals surface area contributed by atoms with Gasteiger partial charge >= 0.3 is 0 Å². The topological polar surface area (TPSA) is 91.3 Å². The number of rotatable bonds is 7. The Bertz CT molecular complexity index is 1370. The number of benzene rings is 1. The Morgan fingerprint density at radius 2 is 1.97 bits per heavy atom. The molecule has 0 aliphatic carbocycles. The van der Waals surface area contributed by atoms with Gasteiger partial charge in [0.1, 0.15) is 27.5 Å². The van der Waals surface area contributed by atoms with Crippen molar-refractivity contribution < 1.29 is 9.21 Å². The van der Waals surface area contributed by atoms with Gasteiger partial charge in [-0.1, -0.05) is 54.3 Å². The number of nitriles is 1. The number of nitrogens with zero attached hydrogens (tertiary/aromatic N) is 3. The van der Waals surface area contributed by atoms with E-state index in [0.717, 1.165) is 5.56 Å². The second-order valence-corrected chi connectivity index (χ2v) is 9.42. The summed E-state index contributed by atoms with van der Waals surface area (Å²) < 4.78 is 7.25. The molecule has 1 aliphatic rings. The molecule has 3 aromatic rings. The van der Waals surface area contributed by atoms with Gasteiger partial charge in [-0.2, -0.15) is 5.26 Å². The van der Waals surface area contributed by atoms with Gasteiger partial charge in [0.05, 0.1) is 17.7 Å². The molecule has 0 spiro atoms. The predicted molar refractivity (Wildman–Crippen MR) is 137 cm³/mol. The van der Waals surface area contributed by atoms with Crippen LogP contribution >= 0.6 is 24.0 Å². The molecule has 0 atom stereocenters. The van der Waals surface area contributed by atoms with E-state index in [1.54, 1.807) is 37.3 Å². The van der Waals surface area contributed by atoms with Crippen LogP contribution in [0, 0.1) is 18.3 Å². The molecular formula is C25H22N4O3S2. The molecule has 2 aromatic heterocycles. The summed E-state index contributed by atoms with van der Waals surface area (Å²) in [7, 11) is 1.59. The minimum Gasteiger partial charge on any atom is -0.467 e. The van der Waals surface area contributed by atoms with Crippen LogP contribution in [0.5, 0.6) is 0 Å². The van der Waals surface area contributed by atoms with Crippen LogP contribution < -0.4 is 10.9 Å². The summed E-state index contributed by atoms with van der Waals surface area (Å²) >= 11 is 6.70. The third-order valence-corrected chi connectivity index (χ3v) is 7.00. The number of nitrogens with one attached hydrogen (secondary N) is 1. The van der Waals surface area contributed by atoms with Gasteiger partial charge in [-0.25, -0.2) is 0 Å². The fraction of sp³-hybridized carbons (Fsp3) is 0.200. The Labute approximate surface area is 206 Å². The van der Waals surface area contributed by atoms with Crippen LogP contribution in [0.4, 0.5) is 5.82 Å². The Balaban J connectivity index is 1.67. The highest BCUT2D eigenvalue weighted by Gasteiger charge is 2.32. The van der Waals surface area contributed by atoms with E-state index in [-0.39, 0.29) is 11.5 Å². The molecule has 1 aromatic carbocycles. The van der Waals surface area contributed by atoms with Crippen molar-refractivity contribution in [3.05, 3.63) is 92.0 Å². The Kier molecular flexibility index (Phi) is 7.01. The molecule has 1 fully saturated rings. The number of pyridine rings is 1. The van der Waals surface area contributed by atoms with Crippen molar-refractivity contribution in [2.45, 2.75) is 19.9 Å². The number of aromatic nitrogens is 1. The van der Waals surface area contributed by atoms with Gasteiger partial charge in [0.25, 0.3) is 11.5 Å². The number of thioether (sulfide) groups is 1. The van der Waals surface area contributed by atoms with Crippen molar-refractivity contribution in [2.24, 2.45) is 7.05 Å². The minimum atomic E-state index is -0.408. The minimum absolute atomic E-state index is 0.0388. The summed E-state index contributed by atoms with van der Waals surface area (Å²) in [6.07, 6.45) is 3.97. The van der Waals surface area contributed by atoms with E-state index >= 15 is 0 Å². The number of hydrogen-bond acceptors (Lipinski definition) is 7. The van der Waals surface area contributed by atoms with Gasteiger partial charge in [-0.15, -0.1) is 0 Å². The van der Waals surface area contributed by atoms with Gasteiger partial charge in [-0.3, -0.25) is 19.1 Å². The van der Waals surface area contributed by atoms with Crippen molar-refractivity contribution in [2.75, 3.05) is 11.9 Å². The van der Waals surface area contributed by atoms with E-state index in [9.17, 15) is 14.9 Å². The van der Waals surface area contributed by atoms with Gasteiger partial charge in [0.2, 0.25) is 0 Å². The molecular weight excluding hydrogens is 468 g/mol. The Morgan fingerprint density at radius 3 is 2.65 bits per heavy atom. The predicted octanol–water partition coefficient (Wildman–Crippen LogP) is 4.21. The van der Waals surface area contributed by atoms with E-state index in [1.165, 1.54) is 16.3 Å². The highest BCUT2D eigenvalue weighted by atomic mass is 32.2. The molecule has 172 valence electrons. The zero-order chi connectivity index (χ0) is 24.2. The molecule has 34 heavy (non-hydrogen) atoms. The average molecular weight is 491 g/mol. The molecule has 9 heteroatoms. The molecule has 0 bridgehead atoms. The third-order valence-electron chi connectivity index (χ3n) is 5.63. The second kappa shape index (κ2) is 10.1. The molecule has 1 amide bonds. The number of hydrogen-bond donors (Lipinski definition) is 1. The zero-order valence-electron chi connectivity index (χ0n) is 18.7. The lowest BCUT2D eigenvalue weighted by atomic mass is 10.0. The average Bonchev–Trinajstić information content (AvgIpc) is 3.45. The Hall–Kier alpha value is -3.61. The van der Waals surface area contributed by atoms with Crippen LogP contribution in [0.25, 0.3) is 6.08 Å². The van der Waals surface area contributed by atoms with Gasteiger partial charge in [0, 0.05) is 19.2 Å². The number of amides is 1. The van der Waals surface area contributed by atoms with Crippen LogP contribution in [0.15, 0.2) is 62.8 Å². The summed E-state index contributed by atoms with van der Waals surface area (Å²) in [5.74, 6) is 0.995.